The van der Waals surface area contributed by atoms with Crippen molar-refractivity contribution in [2.45, 2.75) is 51.6 Å². The van der Waals surface area contributed by atoms with Crippen molar-refractivity contribution < 1.29 is 17.7 Å². The summed E-state index contributed by atoms with van der Waals surface area (Å²) in [6.45, 7) is 7.91. The summed E-state index contributed by atoms with van der Waals surface area (Å²) in [4.78, 5) is 19.6. The van der Waals surface area contributed by atoms with E-state index >= 15 is 0 Å². The quantitative estimate of drug-likeness (QED) is 0.776. The molecule has 1 aliphatic rings. The van der Waals surface area contributed by atoms with Crippen LogP contribution < -0.4 is 4.72 Å². The third-order valence-corrected chi connectivity index (χ3v) is 6.72. The van der Waals surface area contributed by atoms with Gasteiger partial charge in [0.2, 0.25) is 5.91 Å². The van der Waals surface area contributed by atoms with E-state index in [1.54, 1.807) is 30.1 Å². The average Bonchev–Trinajstić information content (AvgIpc) is 3.15. The smallest absolute Gasteiger partial charge is 0.263 e. The highest BCUT2D eigenvalue weighted by Crippen LogP contribution is 2.25. The topological polar surface area (TPSA) is 105 Å². The fourth-order valence-electron chi connectivity index (χ4n) is 3.29. The molecule has 0 saturated heterocycles. The Kier molecular flexibility index (Phi) is 5.79. The number of aryl methyl sites for hydroxylation is 2. The van der Waals surface area contributed by atoms with Gasteiger partial charge in [-0.05, 0) is 31.9 Å². The maximum Gasteiger partial charge on any atom is 0.263 e. The molecule has 0 fully saturated rings. The van der Waals surface area contributed by atoms with Gasteiger partial charge in [0.15, 0.2) is 0 Å². The molecule has 0 saturated carbocycles. The lowest BCUT2D eigenvalue weighted by atomic mass is 9.98. The first-order chi connectivity index (χ1) is 13.7. The summed E-state index contributed by atoms with van der Waals surface area (Å²) in [6.07, 6.45) is 0.723. The summed E-state index contributed by atoms with van der Waals surface area (Å²) in [5.41, 5.74) is 2.09. The Labute approximate surface area is 171 Å². The van der Waals surface area contributed by atoms with Crippen LogP contribution >= 0.6 is 0 Å². The van der Waals surface area contributed by atoms with Crippen LogP contribution in [-0.2, 0) is 21.4 Å². The molecule has 2 heterocycles. The Balaban J connectivity index is 1.93. The fourth-order valence-corrected chi connectivity index (χ4v) is 4.53. The first kappa shape index (κ1) is 21.0. The van der Waals surface area contributed by atoms with Gasteiger partial charge < -0.3 is 9.42 Å². The van der Waals surface area contributed by atoms with Crippen LogP contribution in [0, 0.1) is 19.8 Å². The van der Waals surface area contributed by atoms with Gasteiger partial charge in [0.1, 0.15) is 17.6 Å². The van der Waals surface area contributed by atoms with Crippen molar-refractivity contribution in [2.24, 2.45) is 10.9 Å². The van der Waals surface area contributed by atoms with Crippen molar-refractivity contribution in [3.63, 3.8) is 0 Å². The van der Waals surface area contributed by atoms with E-state index in [1.165, 1.54) is 6.07 Å². The molecule has 29 heavy (non-hydrogen) atoms. The molecule has 1 N–H and O–H groups in total. The standard InChI is InChI=1S/C20H26N4O4S/c1-6-12(2)18(20(25)24(5)11-16-13(3)22-28-14(16)4)21-19-15-9-7-8-10-17(15)29(26,27)23-19/h7-10,12,18H,6,11H2,1-5H3,(H,21,23)/t12-,18-/m0/s1. The van der Waals surface area contributed by atoms with E-state index in [4.69, 9.17) is 4.52 Å². The normalized spacial score (nSPS) is 18.2. The van der Waals surface area contributed by atoms with Gasteiger partial charge in [-0.15, -0.1) is 0 Å². The van der Waals surface area contributed by atoms with Gasteiger partial charge in [0.05, 0.1) is 17.1 Å². The van der Waals surface area contributed by atoms with Gasteiger partial charge in [-0.25, -0.2) is 8.42 Å². The summed E-state index contributed by atoms with van der Waals surface area (Å²) < 4.78 is 32.4. The number of likely N-dealkylation sites (N-methyl/N-ethyl adjacent to an activating group) is 1. The zero-order valence-corrected chi connectivity index (χ0v) is 18.1. The molecule has 1 amide bonds. The third kappa shape index (κ3) is 4.05. The van der Waals surface area contributed by atoms with Gasteiger partial charge in [-0.2, -0.15) is 0 Å². The Hall–Kier alpha value is -2.68. The van der Waals surface area contributed by atoms with Crippen LogP contribution in [0.15, 0.2) is 38.7 Å². The van der Waals surface area contributed by atoms with Gasteiger partial charge >= 0.3 is 0 Å². The second-order valence-electron chi connectivity index (χ2n) is 7.41. The Morgan fingerprint density at radius 1 is 1.31 bits per heavy atom. The highest BCUT2D eigenvalue weighted by atomic mass is 32.2. The number of aliphatic imine (C=N–C) groups is 1. The number of aromatic nitrogens is 1. The summed E-state index contributed by atoms with van der Waals surface area (Å²) in [7, 11) is -1.95. The van der Waals surface area contributed by atoms with Crippen molar-refractivity contribution in [3.05, 3.63) is 46.8 Å². The summed E-state index contributed by atoms with van der Waals surface area (Å²) in [6, 6.07) is 5.92. The predicted octanol–water partition coefficient (Wildman–Crippen LogP) is 2.40. The highest BCUT2D eigenvalue weighted by molar-refractivity contribution is 7.90. The first-order valence-electron chi connectivity index (χ1n) is 9.52. The Bertz CT molecular complexity index is 1040. The summed E-state index contributed by atoms with van der Waals surface area (Å²) >= 11 is 0. The number of nitrogens with zero attached hydrogens (tertiary/aromatic N) is 3. The number of nitrogens with one attached hydrogen (secondary N) is 1. The van der Waals surface area contributed by atoms with Crippen LogP contribution in [0.25, 0.3) is 0 Å². The van der Waals surface area contributed by atoms with Crippen LogP contribution in [-0.4, -0.2) is 43.3 Å². The lowest BCUT2D eigenvalue weighted by molar-refractivity contribution is -0.132. The number of hydrogen-bond acceptors (Lipinski definition) is 6. The van der Waals surface area contributed by atoms with Crippen LogP contribution in [0.4, 0.5) is 0 Å². The lowest BCUT2D eigenvalue weighted by Crippen LogP contribution is -2.40. The summed E-state index contributed by atoms with van der Waals surface area (Å²) in [5.74, 6) is 0.630. The number of amides is 1. The molecule has 156 valence electrons. The molecule has 1 aliphatic heterocycles. The van der Waals surface area contributed by atoms with Crippen LogP contribution in [0.5, 0.6) is 0 Å². The molecular formula is C20H26N4O4S. The monoisotopic (exact) mass is 418 g/mol. The SMILES string of the molecule is CC[C@H](C)[C@H](N=C1NS(=O)(=O)c2ccccc21)C(=O)N(C)Cc1c(C)noc1C. The number of benzene rings is 1. The van der Waals surface area contributed by atoms with Crippen molar-refractivity contribution in [2.75, 3.05) is 7.05 Å². The van der Waals surface area contributed by atoms with E-state index in [0.717, 1.165) is 17.7 Å². The van der Waals surface area contributed by atoms with E-state index in [9.17, 15) is 13.2 Å². The van der Waals surface area contributed by atoms with Crippen molar-refractivity contribution in [1.29, 1.82) is 0 Å². The predicted molar refractivity (Wildman–Crippen MR) is 109 cm³/mol. The summed E-state index contributed by atoms with van der Waals surface area (Å²) in [5, 5.41) is 3.93. The molecule has 0 spiro atoms. The largest absolute Gasteiger partial charge is 0.361 e. The second kappa shape index (κ2) is 7.98. The number of hydrogen-bond donors (Lipinski definition) is 1. The number of carbonyl (C=O) groups is 1. The number of carbonyl (C=O) groups excluding carboxylic acids is 1. The minimum Gasteiger partial charge on any atom is -0.361 e. The Morgan fingerprint density at radius 3 is 2.62 bits per heavy atom. The molecule has 0 unspecified atom stereocenters. The maximum absolute atomic E-state index is 13.2. The third-order valence-electron chi connectivity index (χ3n) is 5.32. The van der Waals surface area contributed by atoms with Crippen LogP contribution in [0.1, 0.15) is 42.8 Å². The van der Waals surface area contributed by atoms with Gasteiger partial charge in [-0.1, -0.05) is 37.6 Å². The lowest BCUT2D eigenvalue weighted by Gasteiger charge is -2.25. The first-order valence-corrected chi connectivity index (χ1v) is 11.0. The number of amidine groups is 1. The van der Waals surface area contributed by atoms with Crippen molar-refractivity contribution in [1.82, 2.24) is 14.8 Å². The molecule has 1 aromatic heterocycles. The molecule has 1 aromatic carbocycles. The zero-order chi connectivity index (χ0) is 21.3. The fraction of sp³-hybridized carbons (Fsp3) is 0.450. The average molecular weight is 419 g/mol. The van der Waals surface area contributed by atoms with Crippen LogP contribution in [0.3, 0.4) is 0 Å². The molecule has 0 bridgehead atoms. The molecule has 2 atom stereocenters. The van der Waals surface area contributed by atoms with Crippen molar-refractivity contribution >= 4 is 21.8 Å². The molecule has 0 aliphatic carbocycles. The molecular weight excluding hydrogens is 392 g/mol. The zero-order valence-electron chi connectivity index (χ0n) is 17.3. The van der Waals surface area contributed by atoms with E-state index in [-0.39, 0.29) is 22.6 Å². The molecule has 3 rings (SSSR count). The number of sulfonamides is 1. The van der Waals surface area contributed by atoms with Gasteiger partial charge in [0.25, 0.3) is 10.0 Å². The molecule has 8 nitrogen and oxygen atoms in total. The van der Waals surface area contributed by atoms with Gasteiger partial charge in [-0.3, -0.25) is 14.5 Å². The molecule has 0 radical (unpaired) electrons. The van der Waals surface area contributed by atoms with E-state index < -0.39 is 16.1 Å². The van der Waals surface area contributed by atoms with Crippen LogP contribution in [0.2, 0.25) is 0 Å². The minimum absolute atomic E-state index is 0.0700. The Morgan fingerprint density at radius 2 is 2.00 bits per heavy atom. The molecule has 9 heteroatoms. The minimum atomic E-state index is -3.66. The number of rotatable bonds is 6. The second-order valence-corrected chi connectivity index (χ2v) is 9.06. The van der Waals surface area contributed by atoms with Crippen molar-refractivity contribution in [3.8, 4) is 0 Å². The van der Waals surface area contributed by atoms with E-state index in [1.807, 2.05) is 27.7 Å². The highest BCUT2D eigenvalue weighted by Gasteiger charge is 2.34. The van der Waals surface area contributed by atoms with Gasteiger partial charge in [0, 0.05) is 18.2 Å². The molecule has 2 aromatic rings. The van der Waals surface area contributed by atoms with E-state index in [2.05, 4.69) is 14.9 Å². The maximum atomic E-state index is 13.2. The number of fused-ring (bicyclic) bond motifs is 1. The van der Waals surface area contributed by atoms with E-state index in [0.29, 0.717) is 17.9 Å².